The maximum Gasteiger partial charge on any atom is 0.313 e. The second-order valence-corrected chi connectivity index (χ2v) is 5.68. The minimum Gasteiger partial charge on any atom is -0.481 e. The Morgan fingerprint density at radius 2 is 2.25 bits per heavy atom. The van der Waals surface area contributed by atoms with Crippen LogP contribution in [0.5, 0.6) is 0 Å². The van der Waals surface area contributed by atoms with Gasteiger partial charge in [-0.1, -0.05) is 31.5 Å². The van der Waals surface area contributed by atoms with Gasteiger partial charge in [-0.2, -0.15) is 0 Å². The van der Waals surface area contributed by atoms with Crippen molar-refractivity contribution in [1.82, 2.24) is 14.5 Å². The Balaban J connectivity index is 2.34. The Labute approximate surface area is 122 Å². The first kappa shape index (κ1) is 14.8. The molecule has 108 valence electrons. The molecule has 0 aromatic carbocycles. The van der Waals surface area contributed by atoms with E-state index in [4.69, 9.17) is 5.11 Å². The van der Waals surface area contributed by atoms with Crippen LogP contribution < -0.4 is 0 Å². The third-order valence-electron chi connectivity index (χ3n) is 3.11. The quantitative estimate of drug-likeness (QED) is 0.627. The number of hydrogen-bond donors (Lipinski definition) is 1. The lowest BCUT2D eigenvalue weighted by Gasteiger charge is -2.07. The summed E-state index contributed by atoms with van der Waals surface area (Å²) in [7, 11) is 0. The van der Waals surface area contributed by atoms with E-state index in [1.807, 2.05) is 17.6 Å². The molecule has 0 spiro atoms. The summed E-state index contributed by atoms with van der Waals surface area (Å²) in [6.45, 7) is 5.00. The average molecular weight is 293 g/mol. The van der Waals surface area contributed by atoms with Crippen molar-refractivity contribution < 1.29 is 9.90 Å². The predicted molar refractivity (Wildman–Crippen MR) is 80.1 cm³/mol. The lowest BCUT2D eigenvalue weighted by Crippen LogP contribution is -2.04. The van der Waals surface area contributed by atoms with Gasteiger partial charge in [-0.3, -0.25) is 4.79 Å². The molecule has 1 N–H and O–H groups in total. The van der Waals surface area contributed by atoms with Crippen molar-refractivity contribution in [2.75, 3.05) is 5.75 Å². The molecule has 0 saturated heterocycles. The number of unbranched alkanes of at least 4 members (excludes halogenated alkanes) is 2. The molecule has 2 aromatic rings. The number of carbonyl (C=O) groups is 1. The van der Waals surface area contributed by atoms with Gasteiger partial charge < -0.3 is 9.67 Å². The number of carboxylic acids is 1. The Morgan fingerprint density at radius 1 is 1.45 bits per heavy atom. The summed E-state index contributed by atoms with van der Waals surface area (Å²) in [4.78, 5) is 19.7. The van der Waals surface area contributed by atoms with Crippen molar-refractivity contribution in [3.63, 3.8) is 0 Å². The molecule has 0 aliphatic heterocycles. The van der Waals surface area contributed by atoms with Crippen LogP contribution in [-0.4, -0.2) is 31.4 Å². The zero-order chi connectivity index (χ0) is 14.5. The lowest BCUT2D eigenvalue weighted by molar-refractivity contribution is -0.133. The number of aliphatic carboxylic acids is 1. The summed E-state index contributed by atoms with van der Waals surface area (Å²) in [5.74, 6) is -0.803. The molecule has 2 aromatic heterocycles. The molecular weight excluding hydrogens is 274 g/mol. The molecule has 2 heterocycles. The van der Waals surface area contributed by atoms with E-state index in [-0.39, 0.29) is 5.75 Å². The zero-order valence-corrected chi connectivity index (χ0v) is 12.6. The topological polar surface area (TPSA) is 68.0 Å². The fourth-order valence-electron chi connectivity index (χ4n) is 2.08. The van der Waals surface area contributed by atoms with Gasteiger partial charge in [0, 0.05) is 12.7 Å². The highest BCUT2D eigenvalue weighted by Crippen LogP contribution is 2.25. The maximum absolute atomic E-state index is 10.8. The van der Waals surface area contributed by atoms with Gasteiger partial charge in [0.15, 0.2) is 10.8 Å². The molecule has 5 nitrogen and oxygen atoms in total. The lowest BCUT2D eigenvalue weighted by atomic mass is 10.2. The fraction of sp³-hybridized carbons (Fsp3) is 0.500. The molecule has 6 heteroatoms. The Hall–Kier alpha value is -1.56. The summed E-state index contributed by atoms with van der Waals surface area (Å²) in [6, 6.07) is 1.93. The number of pyridine rings is 1. The first-order valence-corrected chi connectivity index (χ1v) is 7.78. The number of imidazole rings is 1. The molecule has 0 radical (unpaired) electrons. The Kier molecular flexibility index (Phi) is 5.00. The summed E-state index contributed by atoms with van der Waals surface area (Å²) in [5, 5.41) is 9.59. The number of rotatable bonds is 7. The average Bonchev–Trinajstić information content (AvgIpc) is 2.77. The van der Waals surface area contributed by atoms with Crippen LogP contribution in [-0.2, 0) is 11.3 Å². The van der Waals surface area contributed by atoms with Gasteiger partial charge in [0.1, 0.15) is 5.52 Å². The largest absolute Gasteiger partial charge is 0.481 e. The van der Waals surface area contributed by atoms with Gasteiger partial charge in [-0.05, 0) is 25.0 Å². The van der Waals surface area contributed by atoms with E-state index < -0.39 is 5.97 Å². The van der Waals surface area contributed by atoms with E-state index in [0.717, 1.165) is 47.7 Å². The van der Waals surface area contributed by atoms with E-state index in [9.17, 15) is 4.79 Å². The standard InChI is InChI=1S/C14H19N3O2S/c1-3-4-5-8-17-13-12(10(2)6-7-15-13)16-14(17)20-9-11(18)19/h6-7H,3-5,8-9H2,1-2H3,(H,18,19). The van der Waals surface area contributed by atoms with Crippen molar-refractivity contribution in [2.45, 2.75) is 44.8 Å². The minimum absolute atomic E-state index is 0.0240. The molecule has 0 fully saturated rings. The highest BCUT2D eigenvalue weighted by molar-refractivity contribution is 7.99. The van der Waals surface area contributed by atoms with Gasteiger partial charge >= 0.3 is 5.97 Å². The Morgan fingerprint density at radius 3 is 2.95 bits per heavy atom. The number of fused-ring (bicyclic) bond motifs is 1. The van der Waals surface area contributed by atoms with Crippen LogP contribution in [0.4, 0.5) is 0 Å². The fourth-order valence-corrected chi connectivity index (χ4v) is 2.82. The van der Waals surface area contributed by atoms with Crippen molar-refractivity contribution in [3.8, 4) is 0 Å². The van der Waals surface area contributed by atoms with Gasteiger partial charge in [0.2, 0.25) is 0 Å². The molecule has 0 aliphatic rings. The second-order valence-electron chi connectivity index (χ2n) is 4.74. The van der Waals surface area contributed by atoms with Crippen LogP contribution in [0.15, 0.2) is 17.4 Å². The van der Waals surface area contributed by atoms with Gasteiger partial charge in [-0.15, -0.1) is 0 Å². The molecule has 20 heavy (non-hydrogen) atoms. The minimum atomic E-state index is -0.827. The summed E-state index contributed by atoms with van der Waals surface area (Å²) in [6.07, 6.45) is 5.13. The van der Waals surface area contributed by atoms with Crippen LogP contribution in [0.25, 0.3) is 11.2 Å². The van der Waals surface area contributed by atoms with E-state index in [1.165, 1.54) is 11.8 Å². The zero-order valence-electron chi connectivity index (χ0n) is 11.8. The highest BCUT2D eigenvalue weighted by atomic mass is 32.2. The second kappa shape index (κ2) is 6.74. The van der Waals surface area contributed by atoms with Crippen molar-refractivity contribution in [2.24, 2.45) is 0 Å². The van der Waals surface area contributed by atoms with E-state index in [0.29, 0.717) is 0 Å². The molecule has 0 saturated carbocycles. The summed E-state index contributed by atoms with van der Waals surface area (Å²) in [5.41, 5.74) is 2.80. The van der Waals surface area contributed by atoms with Crippen LogP contribution in [0.3, 0.4) is 0 Å². The van der Waals surface area contributed by atoms with Crippen LogP contribution in [0.1, 0.15) is 31.7 Å². The first-order valence-electron chi connectivity index (χ1n) is 6.80. The third kappa shape index (κ3) is 3.30. The van der Waals surface area contributed by atoms with E-state index in [1.54, 1.807) is 6.20 Å². The Bertz CT molecular complexity index is 610. The third-order valence-corrected chi connectivity index (χ3v) is 4.07. The number of hydrogen-bond acceptors (Lipinski definition) is 4. The van der Waals surface area contributed by atoms with E-state index in [2.05, 4.69) is 16.9 Å². The van der Waals surface area contributed by atoms with Gasteiger partial charge in [0.25, 0.3) is 0 Å². The number of carboxylic acid groups (broad SMARTS) is 1. The number of aromatic nitrogens is 3. The van der Waals surface area contributed by atoms with E-state index >= 15 is 0 Å². The number of thioether (sulfide) groups is 1. The summed E-state index contributed by atoms with van der Waals surface area (Å²) < 4.78 is 2.05. The molecule has 0 amide bonds. The van der Waals surface area contributed by atoms with Crippen molar-refractivity contribution in [3.05, 3.63) is 17.8 Å². The predicted octanol–water partition coefficient (Wildman–Crippen LogP) is 3.11. The van der Waals surface area contributed by atoms with Gasteiger partial charge in [0.05, 0.1) is 5.75 Å². The monoisotopic (exact) mass is 293 g/mol. The van der Waals surface area contributed by atoms with Gasteiger partial charge in [-0.25, -0.2) is 9.97 Å². The first-order chi connectivity index (χ1) is 9.63. The highest BCUT2D eigenvalue weighted by Gasteiger charge is 2.14. The SMILES string of the molecule is CCCCCn1c(SCC(=O)O)nc2c(C)ccnc21. The van der Waals surface area contributed by atoms with Crippen LogP contribution in [0, 0.1) is 6.92 Å². The van der Waals surface area contributed by atoms with Crippen molar-refractivity contribution in [1.29, 1.82) is 0 Å². The van der Waals surface area contributed by atoms with Crippen molar-refractivity contribution >= 4 is 28.9 Å². The molecule has 0 unspecified atom stereocenters. The maximum atomic E-state index is 10.8. The molecule has 0 aliphatic carbocycles. The van der Waals surface area contributed by atoms with Crippen LogP contribution >= 0.6 is 11.8 Å². The number of nitrogens with zero attached hydrogens (tertiary/aromatic N) is 3. The molecule has 0 bridgehead atoms. The number of aryl methyl sites for hydroxylation is 2. The van der Waals surface area contributed by atoms with Crippen LogP contribution in [0.2, 0.25) is 0 Å². The normalized spacial score (nSPS) is 11.1. The smallest absolute Gasteiger partial charge is 0.313 e. The molecule has 0 atom stereocenters. The molecular formula is C14H19N3O2S. The summed E-state index contributed by atoms with van der Waals surface area (Å²) >= 11 is 1.26. The molecule has 2 rings (SSSR count).